The molecule has 1 aliphatic heterocycles. The Hall–Kier alpha value is -1.27. The molecule has 0 saturated carbocycles. The molecule has 0 spiro atoms. The molecular weight excluding hydrogens is 210 g/mol. The summed E-state index contributed by atoms with van der Waals surface area (Å²) >= 11 is 1.56. The second-order valence-electron chi connectivity index (χ2n) is 3.45. The van der Waals surface area contributed by atoms with Crippen molar-refractivity contribution in [3.8, 4) is 0 Å². The van der Waals surface area contributed by atoms with E-state index in [0.717, 1.165) is 42.5 Å². The molecule has 1 saturated heterocycles. The zero-order valence-electron chi connectivity index (χ0n) is 8.18. The average Bonchev–Trinajstić information content (AvgIpc) is 2.77. The van der Waals surface area contributed by atoms with Gasteiger partial charge in [0.25, 0.3) is 0 Å². The van der Waals surface area contributed by atoms with E-state index in [2.05, 4.69) is 25.2 Å². The highest BCUT2D eigenvalue weighted by atomic mass is 32.1. The van der Waals surface area contributed by atoms with Gasteiger partial charge < -0.3 is 10.2 Å². The molecule has 0 amide bonds. The van der Waals surface area contributed by atoms with Crippen molar-refractivity contribution in [1.29, 1.82) is 0 Å². The van der Waals surface area contributed by atoms with Crippen molar-refractivity contribution in [2.45, 2.75) is 0 Å². The van der Waals surface area contributed by atoms with Crippen LogP contribution in [0, 0.1) is 0 Å². The topological polar surface area (TPSA) is 53.9 Å². The average molecular weight is 221 g/mol. The van der Waals surface area contributed by atoms with Crippen LogP contribution in [0.25, 0.3) is 10.3 Å². The third kappa shape index (κ3) is 1.66. The SMILES string of the molecule is c1nc2cnc(N3CCNCC3)nc2s1. The first kappa shape index (κ1) is 8.99. The summed E-state index contributed by atoms with van der Waals surface area (Å²) in [7, 11) is 0. The molecular formula is C9H11N5S. The summed E-state index contributed by atoms with van der Waals surface area (Å²) in [5.41, 5.74) is 2.69. The second kappa shape index (κ2) is 3.71. The molecule has 1 fully saturated rings. The molecule has 78 valence electrons. The normalized spacial score (nSPS) is 17.2. The Morgan fingerprint density at radius 2 is 2.13 bits per heavy atom. The number of fused-ring (bicyclic) bond motifs is 1. The predicted molar refractivity (Wildman–Crippen MR) is 60.3 cm³/mol. The lowest BCUT2D eigenvalue weighted by Crippen LogP contribution is -2.44. The molecule has 0 bridgehead atoms. The van der Waals surface area contributed by atoms with Gasteiger partial charge in [0.05, 0.1) is 11.7 Å². The first-order valence-corrected chi connectivity index (χ1v) is 5.83. The predicted octanol–water partition coefficient (Wildman–Crippen LogP) is 0.496. The first-order valence-electron chi connectivity index (χ1n) is 4.95. The van der Waals surface area contributed by atoms with Crippen molar-refractivity contribution in [2.75, 3.05) is 31.1 Å². The Bertz CT molecular complexity index is 462. The number of nitrogens with one attached hydrogen (secondary N) is 1. The Balaban J connectivity index is 1.95. The number of piperazine rings is 1. The largest absolute Gasteiger partial charge is 0.338 e. The van der Waals surface area contributed by atoms with E-state index in [1.165, 1.54) is 0 Å². The smallest absolute Gasteiger partial charge is 0.226 e. The van der Waals surface area contributed by atoms with Gasteiger partial charge in [-0.25, -0.2) is 15.0 Å². The van der Waals surface area contributed by atoms with Gasteiger partial charge in [-0.3, -0.25) is 0 Å². The van der Waals surface area contributed by atoms with Crippen LogP contribution in [0.5, 0.6) is 0 Å². The van der Waals surface area contributed by atoms with Gasteiger partial charge in [-0.1, -0.05) is 0 Å². The van der Waals surface area contributed by atoms with Crippen molar-refractivity contribution in [3.63, 3.8) is 0 Å². The monoisotopic (exact) mass is 221 g/mol. The lowest BCUT2D eigenvalue weighted by molar-refractivity contribution is 0.580. The number of hydrogen-bond donors (Lipinski definition) is 1. The molecule has 3 heterocycles. The number of hydrogen-bond acceptors (Lipinski definition) is 6. The summed E-state index contributed by atoms with van der Waals surface area (Å²) in [4.78, 5) is 16.2. The molecule has 6 heteroatoms. The van der Waals surface area contributed by atoms with Gasteiger partial charge in [0.2, 0.25) is 5.95 Å². The van der Waals surface area contributed by atoms with Gasteiger partial charge in [0.15, 0.2) is 0 Å². The maximum absolute atomic E-state index is 4.50. The highest BCUT2D eigenvalue weighted by Gasteiger charge is 2.13. The molecule has 1 N–H and O–H groups in total. The lowest BCUT2D eigenvalue weighted by Gasteiger charge is -2.27. The van der Waals surface area contributed by atoms with E-state index in [1.807, 2.05) is 0 Å². The molecule has 5 nitrogen and oxygen atoms in total. The minimum atomic E-state index is 0.827. The Kier molecular flexibility index (Phi) is 2.22. The van der Waals surface area contributed by atoms with E-state index < -0.39 is 0 Å². The maximum atomic E-state index is 4.50. The molecule has 2 aromatic heterocycles. The van der Waals surface area contributed by atoms with Crippen LogP contribution in [0.1, 0.15) is 0 Å². The number of thiazole rings is 1. The van der Waals surface area contributed by atoms with E-state index >= 15 is 0 Å². The van der Waals surface area contributed by atoms with Crippen molar-refractivity contribution in [2.24, 2.45) is 0 Å². The van der Waals surface area contributed by atoms with Crippen molar-refractivity contribution in [1.82, 2.24) is 20.3 Å². The number of aromatic nitrogens is 3. The standard InChI is InChI=1S/C9H11N5S/c1-3-14(4-2-10-1)9-11-5-7-8(13-9)15-6-12-7/h5-6,10H,1-4H2. The number of rotatable bonds is 1. The summed E-state index contributed by atoms with van der Waals surface area (Å²) in [6.07, 6.45) is 1.80. The van der Waals surface area contributed by atoms with Gasteiger partial charge in [0, 0.05) is 26.2 Å². The van der Waals surface area contributed by atoms with E-state index in [4.69, 9.17) is 0 Å². The quantitative estimate of drug-likeness (QED) is 0.760. The molecule has 0 unspecified atom stereocenters. The minimum absolute atomic E-state index is 0.827. The summed E-state index contributed by atoms with van der Waals surface area (Å²) in [6.45, 7) is 3.96. The van der Waals surface area contributed by atoms with Crippen LogP contribution in [-0.2, 0) is 0 Å². The second-order valence-corrected chi connectivity index (χ2v) is 4.28. The van der Waals surface area contributed by atoms with Crippen LogP contribution in [0.2, 0.25) is 0 Å². The minimum Gasteiger partial charge on any atom is -0.338 e. The van der Waals surface area contributed by atoms with Crippen LogP contribution in [0.3, 0.4) is 0 Å². The van der Waals surface area contributed by atoms with Crippen LogP contribution in [0.15, 0.2) is 11.7 Å². The molecule has 3 rings (SSSR count). The summed E-state index contributed by atoms with van der Waals surface area (Å²) in [5, 5.41) is 3.31. The Morgan fingerprint density at radius 1 is 1.27 bits per heavy atom. The summed E-state index contributed by atoms with van der Waals surface area (Å²) in [5.74, 6) is 0.827. The van der Waals surface area contributed by atoms with Crippen molar-refractivity contribution in [3.05, 3.63) is 11.7 Å². The maximum Gasteiger partial charge on any atom is 0.226 e. The fraction of sp³-hybridized carbons (Fsp3) is 0.444. The lowest BCUT2D eigenvalue weighted by atomic mass is 10.4. The van der Waals surface area contributed by atoms with E-state index in [0.29, 0.717) is 0 Å². The van der Waals surface area contributed by atoms with Crippen molar-refractivity contribution >= 4 is 27.6 Å². The first-order chi connectivity index (χ1) is 7.43. The molecule has 1 aliphatic rings. The molecule has 0 atom stereocenters. The van der Waals surface area contributed by atoms with Crippen LogP contribution in [-0.4, -0.2) is 41.1 Å². The Labute approximate surface area is 91.2 Å². The molecule has 0 radical (unpaired) electrons. The van der Waals surface area contributed by atoms with E-state index in [1.54, 1.807) is 23.0 Å². The third-order valence-corrected chi connectivity index (χ3v) is 3.21. The highest BCUT2D eigenvalue weighted by molar-refractivity contribution is 7.16. The third-order valence-electron chi connectivity index (χ3n) is 2.48. The van der Waals surface area contributed by atoms with E-state index in [9.17, 15) is 0 Å². The summed E-state index contributed by atoms with van der Waals surface area (Å²) in [6, 6.07) is 0. The van der Waals surface area contributed by atoms with Gasteiger partial charge in [-0.05, 0) is 0 Å². The van der Waals surface area contributed by atoms with Gasteiger partial charge in [-0.2, -0.15) is 0 Å². The fourth-order valence-corrected chi connectivity index (χ4v) is 2.30. The molecule has 0 aliphatic carbocycles. The highest BCUT2D eigenvalue weighted by Crippen LogP contribution is 2.17. The van der Waals surface area contributed by atoms with Crippen LogP contribution >= 0.6 is 11.3 Å². The molecule has 2 aromatic rings. The molecule has 0 aromatic carbocycles. The van der Waals surface area contributed by atoms with Gasteiger partial charge >= 0.3 is 0 Å². The molecule has 15 heavy (non-hydrogen) atoms. The van der Waals surface area contributed by atoms with Gasteiger partial charge in [0.1, 0.15) is 10.3 Å². The van der Waals surface area contributed by atoms with E-state index in [-0.39, 0.29) is 0 Å². The zero-order valence-corrected chi connectivity index (χ0v) is 9.00. The van der Waals surface area contributed by atoms with Gasteiger partial charge in [-0.15, -0.1) is 11.3 Å². The van der Waals surface area contributed by atoms with Crippen molar-refractivity contribution < 1.29 is 0 Å². The van der Waals surface area contributed by atoms with Crippen LogP contribution in [0.4, 0.5) is 5.95 Å². The zero-order chi connectivity index (χ0) is 10.1. The van der Waals surface area contributed by atoms with Crippen LogP contribution < -0.4 is 10.2 Å². The summed E-state index contributed by atoms with van der Waals surface area (Å²) < 4.78 is 0. The Morgan fingerprint density at radius 3 is 3.00 bits per heavy atom. The fourth-order valence-electron chi connectivity index (χ4n) is 1.68. The number of nitrogens with zero attached hydrogens (tertiary/aromatic N) is 4. The number of anilines is 1.